The van der Waals surface area contributed by atoms with E-state index in [9.17, 15) is 0 Å². The summed E-state index contributed by atoms with van der Waals surface area (Å²) in [7, 11) is 0. The van der Waals surface area contributed by atoms with Gasteiger partial charge in [0.2, 0.25) is 5.13 Å². The number of hydrogen-bond acceptors (Lipinski definition) is 5. The number of hydrogen-bond donors (Lipinski definition) is 3. The molecule has 8 heteroatoms. The number of rotatable bonds is 3. The molecule has 0 aromatic carbocycles. The van der Waals surface area contributed by atoms with Gasteiger partial charge in [0, 0.05) is 10.4 Å². The molecule has 5 N–H and O–H groups in total. The second-order valence-electron chi connectivity index (χ2n) is 3.37. The second-order valence-corrected chi connectivity index (χ2v) is 4.65. The first kappa shape index (κ1) is 12.7. The van der Waals surface area contributed by atoms with Crippen LogP contribution < -0.4 is 11.5 Å². The van der Waals surface area contributed by atoms with Crippen LogP contribution in [0.5, 0.6) is 0 Å². The molecule has 2 heterocycles. The van der Waals surface area contributed by atoms with E-state index in [1.807, 2.05) is 0 Å². The van der Waals surface area contributed by atoms with Crippen LogP contribution in [0.25, 0.3) is 11.4 Å². The molecule has 2 aromatic rings. The zero-order valence-electron chi connectivity index (χ0n) is 9.17. The highest BCUT2D eigenvalue weighted by Crippen LogP contribution is 2.27. The van der Waals surface area contributed by atoms with Crippen LogP contribution >= 0.6 is 22.9 Å². The Morgan fingerprint density at radius 1 is 1.33 bits per heavy atom. The Morgan fingerprint density at radius 3 is 2.78 bits per heavy atom. The molecule has 94 valence electrons. The van der Waals surface area contributed by atoms with Crippen molar-refractivity contribution in [3.05, 3.63) is 28.2 Å². The van der Waals surface area contributed by atoms with E-state index in [-0.39, 0.29) is 12.6 Å². The van der Waals surface area contributed by atoms with Crippen LogP contribution in [0.3, 0.4) is 0 Å². The van der Waals surface area contributed by atoms with Crippen molar-refractivity contribution in [2.75, 3.05) is 0 Å². The molecule has 0 amide bonds. The van der Waals surface area contributed by atoms with Crippen LogP contribution in [0.2, 0.25) is 5.02 Å². The van der Waals surface area contributed by atoms with E-state index in [0.29, 0.717) is 27.2 Å². The van der Waals surface area contributed by atoms with Gasteiger partial charge in [0.1, 0.15) is 5.69 Å². The third-order valence-corrected chi connectivity index (χ3v) is 2.94. The van der Waals surface area contributed by atoms with Gasteiger partial charge in [0.25, 0.3) is 0 Å². The van der Waals surface area contributed by atoms with Gasteiger partial charge in [-0.05, 0) is 12.1 Å². The predicted octanol–water partition coefficient (Wildman–Crippen LogP) is 1.26. The molecule has 18 heavy (non-hydrogen) atoms. The highest BCUT2D eigenvalue weighted by atomic mass is 35.5. The summed E-state index contributed by atoms with van der Waals surface area (Å²) in [5.41, 5.74) is 12.2. The highest BCUT2D eigenvalue weighted by Gasteiger charge is 2.08. The Bertz CT molecular complexity index is 594. The minimum atomic E-state index is -0.182. The molecule has 2 aromatic heterocycles. The summed E-state index contributed by atoms with van der Waals surface area (Å²) >= 11 is 7.21. The van der Waals surface area contributed by atoms with Crippen molar-refractivity contribution in [2.45, 2.75) is 6.61 Å². The Balaban J connectivity index is 2.39. The summed E-state index contributed by atoms with van der Waals surface area (Å²) in [6.45, 7) is -0.182. The van der Waals surface area contributed by atoms with Gasteiger partial charge in [0.05, 0.1) is 18.0 Å². The maximum atomic E-state index is 9.06. The van der Waals surface area contributed by atoms with E-state index in [2.05, 4.69) is 15.0 Å². The standard InChI is InChI=1S/C10H10ClN5OS/c11-5-1-6(3-17)14-7(2-5)8-4-18-10(15-8)16-9(12)13/h1-2,4,17H,3H2,(H4,12,13,15,16). The van der Waals surface area contributed by atoms with E-state index < -0.39 is 0 Å². The van der Waals surface area contributed by atoms with E-state index in [1.54, 1.807) is 17.5 Å². The molecular formula is C10H10ClN5OS. The van der Waals surface area contributed by atoms with Crippen molar-refractivity contribution in [2.24, 2.45) is 16.5 Å². The molecular weight excluding hydrogens is 274 g/mol. The average molecular weight is 284 g/mol. The largest absolute Gasteiger partial charge is 0.390 e. The molecule has 0 bridgehead atoms. The Kier molecular flexibility index (Phi) is 3.75. The van der Waals surface area contributed by atoms with Crippen molar-refractivity contribution in [3.8, 4) is 11.4 Å². The topological polar surface area (TPSA) is 110 Å². The van der Waals surface area contributed by atoms with Crippen LogP contribution in [0.4, 0.5) is 5.13 Å². The van der Waals surface area contributed by atoms with Gasteiger partial charge < -0.3 is 16.6 Å². The van der Waals surface area contributed by atoms with Crippen LogP contribution in [0, 0.1) is 0 Å². The number of nitrogens with two attached hydrogens (primary N) is 2. The van der Waals surface area contributed by atoms with Crippen LogP contribution in [0.1, 0.15) is 5.69 Å². The number of aliphatic hydroxyl groups excluding tert-OH is 1. The number of aromatic nitrogens is 2. The van der Waals surface area contributed by atoms with Gasteiger partial charge in [-0.2, -0.15) is 4.99 Å². The molecule has 0 spiro atoms. The van der Waals surface area contributed by atoms with Gasteiger partial charge >= 0.3 is 0 Å². The van der Waals surface area contributed by atoms with Gasteiger partial charge in [-0.15, -0.1) is 11.3 Å². The monoisotopic (exact) mass is 283 g/mol. The van der Waals surface area contributed by atoms with Gasteiger partial charge in [0.15, 0.2) is 5.96 Å². The third-order valence-electron chi connectivity index (χ3n) is 1.98. The fraction of sp³-hybridized carbons (Fsp3) is 0.100. The molecule has 0 unspecified atom stereocenters. The summed E-state index contributed by atoms with van der Waals surface area (Å²) in [6, 6.07) is 3.25. The summed E-state index contributed by atoms with van der Waals surface area (Å²) in [5.74, 6) is -0.0500. The second kappa shape index (κ2) is 5.30. The summed E-state index contributed by atoms with van der Waals surface area (Å²) in [6.07, 6.45) is 0. The van der Waals surface area contributed by atoms with Crippen molar-refractivity contribution in [3.63, 3.8) is 0 Å². The summed E-state index contributed by atoms with van der Waals surface area (Å²) in [5, 5.41) is 11.8. The zero-order valence-corrected chi connectivity index (χ0v) is 10.7. The predicted molar refractivity (Wildman–Crippen MR) is 71.7 cm³/mol. The lowest BCUT2D eigenvalue weighted by Gasteiger charge is -2.01. The maximum absolute atomic E-state index is 9.06. The first-order chi connectivity index (χ1) is 8.58. The third kappa shape index (κ3) is 2.95. The molecule has 0 fully saturated rings. The summed E-state index contributed by atoms with van der Waals surface area (Å²) < 4.78 is 0. The smallest absolute Gasteiger partial charge is 0.212 e. The van der Waals surface area contributed by atoms with E-state index >= 15 is 0 Å². The van der Waals surface area contributed by atoms with Gasteiger partial charge in [-0.1, -0.05) is 11.6 Å². The minimum absolute atomic E-state index is 0.0500. The Labute approximate surface area is 112 Å². The van der Waals surface area contributed by atoms with Crippen molar-refractivity contribution < 1.29 is 5.11 Å². The molecule has 0 aliphatic rings. The SMILES string of the molecule is NC(N)=Nc1nc(-c2cc(Cl)cc(CO)n2)cs1. The molecule has 2 rings (SSSR count). The first-order valence-electron chi connectivity index (χ1n) is 4.91. The number of nitrogens with zero attached hydrogens (tertiary/aromatic N) is 3. The average Bonchev–Trinajstić information content (AvgIpc) is 2.75. The van der Waals surface area contributed by atoms with Crippen molar-refractivity contribution >= 4 is 34.0 Å². The zero-order chi connectivity index (χ0) is 13.1. The first-order valence-corrected chi connectivity index (χ1v) is 6.17. The van der Waals surface area contributed by atoms with E-state index in [1.165, 1.54) is 11.3 Å². The fourth-order valence-electron chi connectivity index (χ4n) is 1.31. The number of aliphatic hydroxyl groups is 1. The Morgan fingerprint density at radius 2 is 2.11 bits per heavy atom. The van der Waals surface area contributed by atoms with Crippen LogP contribution in [-0.2, 0) is 6.61 Å². The number of pyridine rings is 1. The number of thiazole rings is 1. The van der Waals surface area contributed by atoms with Gasteiger partial charge in [-0.25, -0.2) is 9.97 Å². The Hall–Kier alpha value is -1.70. The molecule has 0 aliphatic carbocycles. The summed E-state index contributed by atoms with van der Waals surface area (Å²) in [4.78, 5) is 12.3. The number of aliphatic imine (C=N–C) groups is 1. The fourth-order valence-corrected chi connectivity index (χ4v) is 2.24. The lowest BCUT2D eigenvalue weighted by Crippen LogP contribution is -2.21. The lowest BCUT2D eigenvalue weighted by molar-refractivity contribution is 0.277. The molecule has 0 radical (unpaired) electrons. The van der Waals surface area contributed by atoms with Crippen molar-refractivity contribution in [1.29, 1.82) is 0 Å². The number of guanidine groups is 1. The molecule has 6 nitrogen and oxygen atoms in total. The lowest BCUT2D eigenvalue weighted by atomic mass is 10.2. The van der Waals surface area contributed by atoms with Gasteiger partial charge in [-0.3, -0.25) is 0 Å². The number of halogens is 1. The van der Waals surface area contributed by atoms with Crippen LogP contribution in [0.15, 0.2) is 22.5 Å². The molecule has 0 saturated carbocycles. The van der Waals surface area contributed by atoms with E-state index in [4.69, 9.17) is 28.2 Å². The van der Waals surface area contributed by atoms with Crippen molar-refractivity contribution in [1.82, 2.24) is 9.97 Å². The minimum Gasteiger partial charge on any atom is -0.390 e. The van der Waals surface area contributed by atoms with Crippen LogP contribution in [-0.4, -0.2) is 21.0 Å². The molecule has 0 atom stereocenters. The van der Waals surface area contributed by atoms with E-state index in [0.717, 1.165) is 0 Å². The normalized spacial score (nSPS) is 10.3. The maximum Gasteiger partial charge on any atom is 0.212 e. The quantitative estimate of drug-likeness (QED) is 0.580. The highest BCUT2D eigenvalue weighted by molar-refractivity contribution is 7.13. The molecule has 0 saturated heterocycles. The molecule has 0 aliphatic heterocycles.